The van der Waals surface area contributed by atoms with Crippen LogP contribution in [0.5, 0.6) is 0 Å². The van der Waals surface area contributed by atoms with Crippen LogP contribution < -0.4 is 5.32 Å². The van der Waals surface area contributed by atoms with Crippen molar-refractivity contribution < 1.29 is 39.8 Å². The molecule has 0 aromatic carbocycles. The molecular weight excluding hydrogens is 1070 g/mol. The number of carbonyl (C=O) groups excluding carboxylic acids is 1. The minimum atomic E-state index is -1.58. The topological polar surface area (TPSA) is 149 Å². The Balaban J connectivity index is 2.18. The molecule has 1 rings (SSSR count). The number of nitrogens with one attached hydrogen (secondary N) is 1. The summed E-state index contributed by atoms with van der Waals surface area (Å²) in [6, 6.07) is -0.825. The predicted octanol–water partition coefficient (Wildman–Crippen LogP) is 19.6. The number of amides is 1. The predicted molar refractivity (Wildman–Crippen MR) is 368 cm³/mol. The zero-order chi connectivity index (χ0) is 62.1. The van der Waals surface area contributed by atoms with Gasteiger partial charge in [0.05, 0.1) is 25.4 Å². The normalized spacial score (nSPS) is 18.9. The van der Waals surface area contributed by atoms with Gasteiger partial charge in [0, 0.05) is 6.42 Å². The lowest BCUT2D eigenvalue weighted by molar-refractivity contribution is -0.302. The highest BCUT2D eigenvalue weighted by Gasteiger charge is 2.44. The largest absolute Gasteiger partial charge is 0.394 e. The minimum Gasteiger partial charge on any atom is -0.394 e. The standard InChI is InChI=1S/C77H131NO8/c1-3-5-7-9-11-13-15-17-19-21-23-25-27-29-31-32-33-34-35-36-37-38-39-40-41-43-45-47-49-51-53-55-57-59-61-63-65-67-73(81)78-70(69-85-77-76(84)75(83)74(82)72(68-79)86-77)71(80)66-64-62-60-58-56-54-52-50-48-46-44-42-30-28-26-24-22-20-18-16-14-12-10-8-6-4-2/h5,7,11,13,17,19,23,25,29,31,33-34,36-37,39-40,43,45,49,51,64,66,70-72,74-77,79-80,82-84H,3-4,6,8-10,12,14-16,18,20-22,24,26-28,30,32,35,38,41-42,44,46-48,50,52-63,65,67-69H2,1-2H3,(H,78,81)/b7-5-,13-11-,19-17-,25-23-,31-29-,34-33-,37-36-,40-39-,45-43-,51-49-,66-64+. The van der Waals surface area contributed by atoms with E-state index in [1.807, 2.05) is 6.08 Å². The molecule has 0 aliphatic carbocycles. The molecule has 1 amide bonds. The molecule has 0 spiro atoms. The number of carbonyl (C=O) groups is 1. The molecule has 0 bridgehead atoms. The highest BCUT2D eigenvalue weighted by Crippen LogP contribution is 2.23. The van der Waals surface area contributed by atoms with Crippen LogP contribution in [0.3, 0.4) is 0 Å². The van der Waals surface area contributed by atoms with Gasteiger partial charge in [0.2, 0.25) is 5.91 Å². The maximum Gasteiger partial charge on any atom is 0.220 e. The number of aliphatic hydroxyl groups is 5. The third kappa shape index (κ3) is 52.3. The van der Waals surface area contributed by atoms with E-state index in [0.717, 1.165) is 128 Å². The summed E-state index contributed by atoms with van der Waals surface area (Å²) in [5, 5.41) is 54.8. The van der Waals surface area contributed by atoms with Gasteiger partial charge in [-0.3, -0.25) is 4.79 Å². The van der Waals surface area contributed by atoms with Crippen LogP contribution in [0.2, 0.25) is 0 Å². The van der Waals surface area contributed by atoms with E-state index in [9.17, 15) is 30.3 Å². The van der Waals surface area contributed by atoms with Crippen molar-refractivity contribution in [1.82, 2.24) is 5.32 Å². The Kier molecular flexibility index (Phi) is 60.1. The van der Waals surface area contributed by atoms with Gasteiger partial charge in [0.1, 0.15) is 24.4 Å². The quantitative estimate of drug-likeness (QED) is 0.0261. The molecule has 0 saturated carbocycles. The van der Waals surface area contributed by atoms with Crippen LogP contribution in [0.4, 0.5) is 0 Å². The van der Waals surface area contributed by atoms with Crippen LogP contribution in [0, 0.1) is 0 Å². The summed E-state index contributed by atoms with van der Waals surface area (Å²) in [6.07, 6.45) is 91.1. The SMILES string of the molecule is CC/C=C\C/C=C\C/C=C\C/C=C\C/C=C\C/C=C\C/C=C\C/C=C\C/C=C\C/C=C\CCCCCCCCC(=O)NC(COC1OC(CO)C(O)C(O)C1O)C(O)/C=C/CCCCCCCCCCCCCCCCCCCCCCCCCC. The Labute approximate surface area is 528 Å². The molecule has 9 nitrogen and oxygen atoms in total. The summed E-state index contributed by atoms with van der Waals surface area (Å²) in [6.45, 7) is 3.68. The Morgan fingerprint density at radius 3 is 1.07 bits per heavy atom. The first-order valence-electron chi connectivity index (χ1n) is 35.4. The van der Waals surface area contributed by atoms with E-state index in [4.69, 9.17) is 9.47 Å². The van der Waals surface area contributed by atoms with Crippen molar-refractivity contribution in [1.29, 1.82) is 0 Å². The number of aliphatic hydroxyl groups excluding tert-OH is 5. The molecule has 86 heavy (non-hydrogen) atoms. The molecule has 1 heterocycles. The fourth-order valence-corrected chi connectivity index (χ4v) is 10.5. The van der Waals surface area contributed by atoms with Crippen molar-refractivity contribution in [2.75, 3.05) is 13.2 Å². The fourth-order valence-electron chi connectivity index (χ4n) is 10.5. The first kappa shape index (κ1) is 80.3. The maximum atomic E-state index is 13.1. The van der Waals surface area contributed by atoms with E-state index >= 15 is 0 Å². The first-order chi connectivity index (χ1) is 42.3. The summed E-state index contributed by atoms with van der Waals surface area (Å²) in [5.74, 6) is -0.194. The Hall–Kier alpha value is -3.67. The second-order valence-corrected chi connectivity index (χ2v) is 23.9. The first-order valence-corrected chi connectivity index (χ1v) is 35.4. The third-order valence-electron chi connectivity index (χ3n) is 16.0. The lowest BCUT2D eigenvalue weighted by Gasteiger charge is -2.40. The van der Waals surface area contributed by atoms with Crippen LogP contribution >= 0.6 is 0 Å². The van der Waals surface area contributed by atoms with E-state index in [0.29, 0.717) is 6.42 Å². The molecule has 492 valence electrons. The van der Waals surface area contributed by atoms with Gasteiger partial charge in [-0.25, -0.2) is 0 Å². The second-order valence-electron chi connectivity index (χ2n) is 23.9. The van der Waals surface area contributed by atoms with Gasteiger partial charge in [0.25, 0.3) is 0 Å². The molecule has 9 heteroatoms. The number of rotatable bonds is 60. The molecular formula is C77H131NO8. The highest BCUT2D eigenvalue weighted by molar-refractivity contribution is 5.76. The zero-order valence-electron chi connectivity index (χ0n) is 55.0. The minimum absolute atomic E-state index is 0.194. The molecule has 1 aliphatic rings. The van der Waals surface area contributed by atoms with Crippen LogP contribution in [0.15, 0.2) is 134 Å². The Bertz CT molecular complexity index is 1820. The van der Waals surface area contributed by atoms with Crippen molar-refractivity contribution >= 4 is 5.91 Å². The van der Waals surface area contributed by atoms with Gasteiger partial charge < -0.3 is 40.3 Å². The molecule has 1 saturated heterocycles. The average Bonchev–Trinajstić information content (AvgIpc) is 2.44. The van der Waals surface area contributed by atoms with E-state index in [1.165, 1.54) is 141 Å². The molecule has 1 aliphatic heterocycles. The zero-order valence-corrected chi connectivity index (χ0v) is 55.0. The van der Waals surface area contributed by atoms with Gasteiger partial charge in [-0.15, -0.1) is 0 Å². The van der Waals surface area contributed by atoms with E-state index in [1.54, 1.807) is 6.08 Å². The summed E-state index contributed by atoms with van der Waals surface area (Å²) in [5.41, 5.74) is 0. The molecule has 7 unspecified atom stereocenters. The molecule has 0 aromatic rings. The van der Waals surface area contributed by atoms with E-state index in [-0.39, 0.29) is 12.5 Å². The smallest absolute Gasteiger partial charge is 0.220 e. The van der Waals surface area contributed by atoms with Gasteiger partial charge in [-0.05, 0) is 96.3 Å². The summed E-state index contributed by atoms with van der Waals surface area (Å²) >= 11 is 0. The monoisotopic (exact) mass is 1200 g/mol. The number of unbranched alkanes of at least 4 members (excludes halogenated alkanes) is 30. The van der Waals surface area contributed by atoms with Gasteiger partial charge in [-0.1, -0.05) is 321 Å². The van der Waals surface area contributed by atoms with Crippen LogP contribution in [-0.4, -0.2) is 87.5 Å². The molecule has 0 aromatic heterocycles. The van der Waals surface area contributed by atoms with Crippen molar-refractivity contribution in [3.8, 4) is 0 Å². The van der Waals surface area contributed by atoms with E-state index < -0.39 is 49.5 Å². The van der Waals surface area contributed by atoms with Crippen molar-refractivity contribution in [3.05, 3.63) is 134 Å². The molecule has 6 N–H and O–H groups in total. The van der Waals surface area contributed by atoms with Gasteiger partial charge in [0.15, 0.2) is 6.29 Å². The van der Waals surface area contributed by atoms with Gasteiger partial charge >= 0.3 is 0 Å². The second kappa shape index (κ2) is 64.3. The number of ether oxygens (including phenoxy) is 2. The van der Waals surface area contributed by atoms with Crippen LogP contribution in [0.25, 0.3) is 0 Å². The van der Waals surface area contributed by atoms with Crippen LogP contribution in [-0.2, 0) is 14.3 Å². The molecule has 1 fully saturated rings. The van der Waals surface area contributed by atoms with Crippen molar-refractivity contribution in [3.63, 3.8) is 0 Å². The highest BCUT2D eigenvalue weighted by atomic mass is 16.7. The summed E-state index contributed by atoms with van der Waals surface area (Å²) in [4.78, 5) is 13.1. The van der Waals surface area contributed by atoms with Gasteiger partial charge in [-0.2, -0.15) is 0 Å². The van der Waals surface area contributed by atoms with Crippen molar-refractivity contribution in [2.45, 2.75) is 333 Å². The molecule has 7 atom stereocenters. The lowest BCUT2D eigenvalue weighted by atomic mass is 9.99. The Morgan fingerprint density at radius 2 is 0.721 bits per heavy atom. The number of allylic oxidation sites excluding steroid dienone is 21. The lowest BCUT2D eigenvalue weighted by Crippen LogP contribution is -2.60. The van der Waals surface area contributed by atoms with Crippen molar-refractivity contribution in [2.24, 2.45) is 0 Å². The number of hydrogen-bond donors (Lipinski definition) is 6. The maximum absolute atomic E-state index is 13.1. The fraction of sp³-hybridized carbons (Fsp3) is 0.701. The number of hydrogen-bond acceptors (Lipinski definition) is 8. The summed E-state index contributed by atoms with van der Waals surface area (Å²) in [7, 11) is 0. The average molecular weight is 1200 g/mol. The van der Waals surface area contributed by atoms with E-state index in [2.05, 4.69) is 141 Å². The third-order valence-corrected chi connectivity index (χ3v) is 16.0. The summed E-state index contributed by atoms with van der Waals surface area (Å²) < 4.78 is 11.3. The van der Waals surface area contributed by atoms with Crippen LogP contribution in [0.1, 0.15) is 290 Å². The Morgan fingerprint density at radius 1 is 0.407 bits per heavy atom. The molecule has 0 radical (unpaired) electrons.